The first kappa shape index (κ1) is 32.1. The van der Waals surface area contributed by atoms with Gasteiger partial charge in [-0.1, -0.05) is 71.0 Å². The molecule has 4 atom stereocenters. The van der Waals surface area contributed by atoms with Crippen molar-refractivity contribution < 1.29 is 18.0 Å². The van der Waals surface area contributed by atoms with Gasteiger partial charge in [0.15, 0.2) is 34.7 Å². The highest BCUT2D eigenvalue weighted by Gasteiger charge is 2.53. The number of ether oxygens (including phenoxy) is 1. The van der Waals surface area contributed by atoms with E-state index in [1.807, 2.05) is 25.1 Å². The Morgan fingerprint density at radius 2 is 1.71 bits per heavy atom. The van der Waals surface area contributed by atoms with Gasteiger partial charge < -0.3 is 19.3 Å². The van der Waals surface area contributed by atoms with Gasteiger partial charge in [-0.3, -0.25) is 0 Å². The summed E-state index contributed by atoms with van der Waals surface area (Å²) in [7, 11) is -4.48. The number of rotatable bonds is 8. The van der Waals surface area contributed by atoms with Crippen LogP contribution < -0.4 is 5.73 Å². The van der Waals surface area contributed by atoms with E-state index in [-0.39, 0.29) is 22.5 Å². The third-order valence-corrected chi connectivity index (χ3v) is 18.8. The van der Waals surface area contributed by atoms with Crippen LogP contribution in [0.1, 0.15) is 53.3 Å². The van der Waals surface area contributed by atoms with Gasteiger partial charge in [0, 0.05) is 4.90 Å². The zero-order valence-electron chi connectivity index (χ0n) is 26.3. The van der Waals surface area contributed by atoms with Crippen LogP contribution in [0, 0.1) is 6.92 Å². The van der Waals surface area contributed by atoms with Gasteiger partial charge in [0.1, 0.15) is 29.4 Å². The lowest BCUT2D eigenvalue weighted by Crippen LogP contribution is -2.50. The van der Waals surface area contributed by atoms with Crippen molar-refractivity contribution in [1.29, 1.82) is 0 Å². The van der Waals surface area contributed by atoms with Gasteiger partial charge in [0.2, 0.25) is 0 Å². The molecule has 2 N–H and O–H groups in total. The van der Waals surface area contributed by atoms with Crippen LogP contribution in [0.4, 0.5) is 10.2 Å². The average Bonchev–Trinajstić information content (AvgIpc) is 3.34. The first-order valence-electron chi connectivity index (χ1n) is 14.2. The Bertz CT molecular complexity index is 1390. The van der Waals surface area contributed by atoms with Gasteiger partial charge in [-0.15, -0.1) is 0 Å². The fraction of sp³-hybridized carbons (Fsp3) is 0.621. The normalized spacial score (nSPS) is 22.5. The minimum Gasteiger partial charge on any atom is -0.414 e. The molecule has 0 radical (unpaired) electrons. The van der Waals surface area contributed by atoms with Gasteiger partial charge >= 0.3 is 0 Å². The molecule has 0 unspecified atom stereocenters. The maximum Gasteiger partial charge on any atom is 0.192 e. The fourth-order valence-corrected chi connectivity index (χ4v) is 7.56. The highest BCUT2D eigenvalue weighted by Crippen LogP contribution is 2.45. The molecule has 0 saturated carbocycles. The summed E-state index contributed by atoms with van der Waals surface area (Å²) in [6.45, 7) is 23.9. The monoisotopic (exact) mass is 619 g/mol. The van der Waals surface area contributed by atoms with E-state index in [2.05, 4.69) is 83.8 Å². The van der Waals surface area contributed by atoms with Crippen molar-refractivity contribution in [2.45, 2.75) is 119 Å². The second-order valence-electron chi connectivity index (χ2n) is 14.0. The molecular weight excluding hydrogens is 574 g/mol. The largest absolute Gasteiger partial charge is 0.414 e. The molecule has 1 aliphatic heterocycles. The molecule has 41 heavy (non-hydrogen) atoms. The lowest BCUT2D eigenvalue weighted by Gasteiger charge is -2.40. The Morgan fingerprint density at radius 3 is 2.32 bits per heavy atom. The number of hydrogen-bond donors (Lipinski definition) is 1. The number of nitrogens with zero attached hydrogens (tertiary/aromatic N) is 4. The van der Waals surface area contributed by atoms with Crippen LogP contribution in [0.3, 0.4) is 0 Å². The molecule has 2 aromatic heterocycles. The van der Waals surface area contributed by atoms with E-state index in [9.17, 15) is 0 Å². The molecule has 0 aliphatic carbocycles. The number of fused-ring (bicyclic) bond motifs is 1. The van der Waals surface area contributed by atoms with Crippen molar-refractivity contribution in [3.8, 4) is 0 Å². The molecule has 3 heterocycles. The van der Waals surface area contributed by atoms with Gasteiger partial charge in [-0.05, 0) is 55.3 Å². The molecular formula is C29H46FN5O3SSi2. The molecule has 0 amide bonds. The first-order chi connectivity index (χ1) is 18.8. The number of nitrogens with two attached hydrogens (primary N) is 1. The van der Waals surface area contributed by atoms with Crippen LogP contribution in [-0.2, 0) is 13.6 Å². The summed E-state index contributed by atoms with van der Waals surface area (Å²) >= 11 is 1.44. The molecule has 3 aromatic rings. The van der Waals surface area contributed by atoms with Crippen molar-refractivity contribution in [2.75, 3.05) is 12.3 Å². The Kier molecular flexibility index (Phi) is 8.88. The van der Waals surface area contributed by atoms with E-state index in [0.29, 0.717) is 16.1 Å². The van der Waals surface area contributed by atoms with E-state index in [1.165, 1.54) is 22.8 Å². The highest BCUT2D eigenvalue weighted by atomic mass is 32.2. The third-order valence-electron chi connectivity index (χ3n) is 8.85. The lowest BCUT2D eigenvalue weighted by molar-refractivity contribution is -0.0474. The highest BCUT2D eigenvalue weighted by molar-refractivity contribution is 7.99. The van der Waals surface area contributed by atoms with E-state index >= 15 is 4.39 Å². The quantitative estimate of drug-likeness (QED) is 0.259. The topological polar surface area (TPSA) is 97.3 Å². The van der Waals surface area contributed by atoms with Crippen LogP contribution in [0.5, 0.6) is 0 Å². The van der Waals surface area contributed by atoms with Gasteiger partial charge in [-0.2, -0.15) is 5.10 Å². The van der Waals surface area contributed by atoms with Crippen LogP contribution in [0.2, 0.25) is 36.3 Å². The summed E-state index contributed by atoms with van der Waals surface area (Å²) in [5.41, 5.74) is 7.88. The lowest BCUT2D eigenvalue weighted by atomic mass is 10.1. The molecule has 226 valence electrons. The van der Waals surface area contributed by atoms with E-state index in [0.717, 1.165) is 10.5 Å². The Morgan fingerprint density at radius 1 is 1.05 bits per heavy atom. The molecule has 1 aromatic carbocycles. The Hall–Kier alpha value is -1.84. The number of anilines is 1. The van der Waals surface area contributed by atoms with Gasteiger partial charge in [0.25, 0.3) is 0 Å². The van der Waals surface area contributed by atoms with E-state index in [4.69, 9.17) is 24.4 Å². The maximum absolute atomic E-state index is 16.7. The standard InChI is InChI=1S/C29H46FN5O3SSi2/c1-18-13-12-14-19(15-18)39-26-21-24(31)32-17-33-25(21)35(34-26)27-22(30)23(38-41(10,11)29(5,6)7)20(37-27)16-36-40(8,9)28(2,3)4/h12-15,17,20,22-23,27H,16H2,1-11H3,(H2,31,32,33)/t20-,22+,23-,27-/m1/s1. The van der Waals surface area contributed by atoms with Crippen LogP contribution >= 0.6 is 11.8 Å². The SMILES string of the molecule is Cc1cccc(Sc2nn([C@@H]3O[C@H](CO[Si](C)(C)C(C)(C)C)[C@@H](O[Si](C)(C)C(C)(C)C)[C@@H]3F)c3ncnc(N)c23)c1. The third kappa shape index (κ3) is 6.57. The summed E-state index contributed by atoms with van der Waals surface area (Å²) in [6.07, 6.45) is -2.59. The zero-order valence-corrected chi connectivity index (χ0v) is 29.1. The molecule has 8 nitrogen and oxygen atoms in total. The van der Waals surface area contributed by atoms with Crippen molar-refractivity contribution in [3.63, 3.8) is 0 Å². The van der Waals surface area contributed by atoms with Crippen LogP contribution in [0.15, 0.2) is 40.5 Å². The maximum atomic E-state index is 16.7. The van der Waals surface area contributed by atoms with E-state index in [1.54, 1.807) is 0 Å². The fourth-order valence-electron chi connectivity index (χ4n) is 4.19. The van der Waals surface area contributed by atoms with Crippen LogP contribution in [0.25, 0.3) is 11.0 Å². The number of nitrogen functional groups attached to an aromatic ring is 1. The molecule has 1 saturated heterocycles. The Labute approximate surface area is 250 Å². The first-order valence-corrected chi connectivity index (χ1v) is 20.8. The summed E-state index contributed by atoms with van der Waals surface area (Å²) in [6, 6.07) is 8.09. The van der Waals surface area contributed by atoms with Crippen molar-refractivity contribution >= 4 is 45.2 Å². The number of aryl methyl sites for hydroxylation is 1. The second-order valence-corrected chi connectivity index (χ2v) is 24.7. The van der Waals surface area contributed by atoms with Crippen molar-refractivity contribution in [3.05, 3.63) is 36.2 Å². The minimum atomic E-state index is -2.35. The molecule has 0 spiro atoms. The molecule has 1 fully saturated rings. The minimum absolute atomic E-state index is 0.00442. The number of aromatic nitrogens is 4. The van der Waals surface area contributed by atoms with E-state index < -0.39 is 41.2 Å². The summed E-state index contributed by atoms with van der Waals surface area (Å²) in [5.74, 6) is 0.289. The number of halogens is 1. The van der Waals surface area contributed by atoms with Gasteiger partial charge in [0.05, 0.1) is 12.0 Å². The predicted octanol–water partition coefficient (Wildman–Crippen LogP) is 7.52. The number of benzene rings is 1. The zero-order chi connectivity index (χ0) is 30.5. The summed E-state index contributed by atoms with van der Waals surface area (Å²) < 4.78 is 37.9. The molecule has 0 bridgehead atoms. The predicted molar refractivity (Wildman–Crippen MR) is 169 cm³/mol. The second kappa shape index (κ2) is 11.3. The Balaban J connectivity index is 1.74. The molecule has 1 aliphatic rings. The number of alkyl halides is 1. The van der Waals surface area contributed by atoms with Crippen molar-refractivity contribution in [2.24, 2.45) is 0 Å². The number of hydrogen-bond acceptors (Lipinski definition) is 8. The molecule has 12 heteroatoms. The van der Waals surface area contributed by atoms with Crippen molar-refractivity contribution in [1.82, 2.24) is 19.7 Å². The van der Waals surface area contributed by atoms with Gasteiger partial charge in [-0.25, -0.2) is 19.0 Å². The summed E-state index contributed by atoms with van der Waals surface area (Å²) in [5, 5.41) is 5.91. The summed E-state index contributed by atoms with van der Waals surface area (Å²) in [4.78, 5) is 9.67. The van der Waals surface area contributed by atoms with Crippen LogP contribution in [-0.4, -0.2) is 61.4 Å². The average molecular weight is 620 g/mol. The smallest absolute Gasteiger partial charge is 0.192 e. The molecule has 4 rings (SSSR count).